The lowest BCUT2D eigenvalue weighted by atomic mass is 10.2. The van der Waals surface area contributed by atoms with Gasteiger partial charge in [-0.3, -0.25) is 0 Å². The van der Waals surface area contributed by atoms with E-state index in [1.54, 1.807) is 6.08 Å². The maximum Gasteiger partial charge on any atom is 0.463 e. The molecule has 0 atom stereocenters. The minimum atomic E-state index is -0.426. The molecule has 0 aliphatic rings. The van der Waals surface area contributed by atoms with Gasteiger partial charge in [0.15, 0.2) is 4.98 Å². The van der Waals surface area contributed by atoms with Crippen molar-refractivity contribution in [2.75, 3.05) is 7.11 Å². The Morgan fingerprint density at radius 3 is 2.60 bits per heavy atom. The number of ether oxygens (including phenoxy) is 1. The van der Waals surface area contributed by atoms with Gasteiger partial charge in [-0.1, -0.05) is 30.3 Å². The molecule has 15 heavy (non-hydrogen) atoms. The normalized spacial score (nSPS) is 12.0. The van der Waals surface area contributed by atoms with Crippen molar-refractivity contribution in [1.29, 1.82) is 5.39 Å². The van der Waals surface area contributed by atoms with E-state index in [1.807, 2.05) is 30.3 Å². The first-order valence-electron chi connectivity index (χ1n) is 4.33. The molecule has 0 fully saturated rings. The molecule has 4 heteroatoms. The third-order valence-corrected chi connectivity index (χ3v) is 1.75. The predicted octanol–water partition coefficient (Wildman–Crippen LogP) is 2.93. The van der Waals surface area contributed by atoms with Crippen molar-refractivity contribution in [1.82, 2.24) is 0 Å². The number of aliphatic hydroxyl groups excluding tert-OH is 1. The summed E-state index contributed by atoms with van der Waals surface area (Å²) in [7, 11) is 1.29. The second-order valence-electron chi connectivity index (χ2n) is 2.74. The highest BCUT2D eigenvalue weighted by Crippen LogP contribution is 2.09. The highest BCUT2D eigenvalue weighted by atomic mass is 16.6. The molecule has 0 saturated heterocycles. The minimum Gasteiger partial charge on any atom is -0.475 e. The maximum atomic E-state index is 9.15. The smallest absolute Gasteiger partial charge is 0.463 e. The summed E-state index contributed by atoms with van der Waals surface area (Å²) in [5, 5.41) is 17.7. The highest BCUT2D eigenvalue weighted by molar-refractivity contribution is 5.53. The Morgan fingerprint density at radius 1 is 1.40 bits per heavy atom. The van der Waals surface area contributed by atoms with Crippen molar-refractivity contribution in [2.45, 2.75) is 0 Å². The van der Waals surface area contributed by atoms with E-state index in [0.717, 1.165) is 5.56 Å². The molecule has 0 radical (unpaired) electrons. The largest absolute Gasteiger partial charge is 0.475 e. The quantitative estimate of drug-likeness (QED) is 0.466. The van der Waals surface area contributed by atoms with Crippen LogP contribution in [0.15, 0.2) is 48.1 Å². The van der Waals surface area contributed by atoms with Gasteiger partial charge in [0.25, 0.3) is 0 Å². The molecule has 0 amide bonds. The van der Waals surface area contributed by atoms with Gasteiger partial charge in [0, 0.05) is 6.08 Å². The number of methoxy groups -OCH3 is 1. The first-order chi connectivity index (χ1) is 7.27. The summed E-state index contributed by atoms with van der Waals surface area (Å²) < 4.78 is 4.52. The second-order valence-corrected chi connectivity index (χ2v) is 2.74. The summed E-state index contributed by atoms with van der Waals surface area (Å²) >= 11 is 0. The van der Waals surface area contributed by atoms with Gasteiger partial charge in [-0.2, -0.15) is 0 Å². The van der Waals surface area contributed by atoms with Crippen LogP contribution < -0.4 is 0 Å². The van der Waals surface area contributed by atoms with Crippen LogP contribution in [-0.4, -0.2) is 12.2 Å². The van der Waals surface area contributed by atoms with Crippen LogP contribution >= 0.6 is 0 Å². The van der Waals surface area contributed by atoms with Gasteiger partial charge in [-0.05, 0) is 11.6 Å². The van der Waals surface area contributed by atoms with Gasteiger partial charge in [-0.25, -0.2) is 0 Å². The van der Waals surface area contributed by atoms with Crippen molar-refractivity contribution in [3.8, 4) is 0 Å². The Balaban J connectivity index is 2.87. The van der Waals surface area contributed by atoms with Crippen LogP contribution in [0.2, 0.25) is 0 Å². The Labute approximate surface area is 87.7 Å². The van der Waals surface area contributed by atoms with Crippen LogP contribution in [0.25, 0.3) is 11.1 Å². The van der Waals surface area contributed by atoms with Crippen LogP contribution in [0.4, 0.5) is 0 Å². The zero-order valence-electron chi connectivity index (χ0n) is 8.29. The lowest BCUT2D eigenvalue weighted by Crippen LogP contribution is -1.87. The highest BCUT2D eigenvalue weighted by Gasteiger charge is 2.15. The molecule has 1 aromatic rings. The molecule has 0 unspecified atom stereocenters. The molecule has 4 nitrogen and oxygen atoms in total. The van der Waals surface area contributed by atoms with Gasteiger partial charge >= 0.3 is 11.6 Å². The van der Waals surface area contributed by atoms with Gasteiger partial charge < -0.3 is 9.84 Å². The van der Waals surface area contributed by atoms with E-state index in [-0.39, 0.29) is 5.70 Å². The number of diazo groups is 1. The molecule has 0 bridgehead atoms. The molecule has 0 aliphatic heterocycles. The predicted molar refractivity (Wildman–Crippen MR) is 57.2 cm³/mol. The van der Waals surface area contributed by atoms with Crippen LogP contribution in [0.5, 0.6) is 0 Å². The van der Waals surface area contributed by atoms with Crippen molar-refractivity contribution in [2.24, 2.45) is 0 Å². The average Bonchev–Trinajstić information content (AvgIpc) is 2.31. The molecular weight excluding hydrogens is 192 g/mol. The molecular formula is C11H11N2O2+. The Bertz CT molecular complexity index is 416. The standard InChI is InChI=1S/C11H10N2O2/c1-15-11(14)10(13-12)8-7-9-5-3-2-4-6-9/h2-8H,1H3/p+1/b8-7+,11-10-. The van der Waals surface area contributed by atoms with Crippen LogP contribution in [0.1, 0.15) is 5.56 Å². The number of hydrogen-bond acceptors (Lipinski definition) is 3. The van der Waals surface area contributed by atoms with E-state index in [4.69, 9.17) is 10.5 Å². The fourth-order valence-electron chi connectivity index (χ4n) is 0.991. The lowest BCUT2D eigenvalue weighted by molar-refractivity contribution is 0.133. The monoisotopic (exact) mass is 203 g/mol. The molecule has 0 spiro atoms. The topological polar surface area (TPSA) is 57.6 Å². The van der Waals surface area contributed by atoms with Crippen molar-refractivity contribution in [3.05, 3.63) is 58.6 Å². The Hall–Kier alpha value is -2.28. The zero-order valence-corrected chi connectivity index (χ0v) is 8.29. The van der Waals surface area contributed by atoms with Gasteiger partial charge in [0.05, 0.1) is 7.11 Å². The number of hydrogen-bond donors (Lipinski definition) is 1. The third kappa shape index (κ3) is 3.16. The summed E-state index contributed by atoms with van der Waals surface area (Å²) in [6.45, 7) is 0. The molecule has 0 aliphatic carbocycles. The Kier molecular flexibility index (Phi) is 3.92. The van der Waals surface area contributed by atoms with Crippen molar-refractivity contribution >= 4 is 6.08 Å². The number of allylic oxidation sites excluding steroid dienone is 1. The van der Waals surface area contributed by atoms with E-state index in [0.29, 0.717) is 0 Å². The second kappa shape index (κ2) is 5.45. The third-order valence-electron chi connectivity index (χ3n) is 1.75. The Morgan fingerprint density at radius 2 is 2.07 bits per heavy atom. The van der Waals surface area contributed by atoms with Crippen LogP contribution in [0, 0.1) is 5.39 Å². The van der Waals surface area contributed by atoms with Crippen molar-refractivity contribution in [3.63, 3.8) is 0 Å². The SMILES string of the molecule is CO/C(O)=C(/C=C/c1ccccc1)[N+]#N. The van der Waals surface area contributed by atoms with Crippen LogP contribution in [0.3, 0.4) is 0 Å². The number of aliphatic hydroxyl groups is 1. The van der Waals surface area contributed by atoms with Gasteiger partial charge in [-0.15, -0.1) is 0 Å². The van der Waals surface area contributed by atoms with E-state index in [2.05, 4.69) is 9.71 Å². The van der Waals surface area contributed by atoms with Gasteiger partial charge in [0.1, 0.15) is 0 Å². The summed E-state index contributed by atoms with van der Waals surface area (Å²) in [5.41, 5.74) is 0.906. The minimum absolute atomic E-state index is 0.0265. The first kappa shape index (κ1) is 10.8. The molecule has 1 rings (SSSR count). The number of rotatable bonds is 3. The lowest BCUT2D eigenvalue weighted by Gasteiger charge is -1.90. The molecule has 0 saturated carbocycles. The van der Waals surface area contributed by atoms with Crippen LogP contribution in [-0.2, 0) is 4.74 Å². The summed E-state index contributed by atoms with van der Waals surface area (Å²) in [6.07, 6.45) is 3.15. The van der Waals surface area contributed by atoms with E-state index in [1.165, 1.54) is 13.2 Å². The molecule has 76 valence electrons. The van der Waals surface area contributed by atoms with E-state index in [9.17, 15) is 0 Å². The fourth-order valence-corrected chi connectivity index (χ4v) is 0.991. The molecule has 1 N–H and O–H groups in total. The maximum absolute atomic E-state index is 9.15. The molecule has 0 heterocycles. The summed E-state index contributed by atoms with van der Waals surface area (Å²) in [5.74, 6) is -0.426. The number of benzene rings is 1. The first-order valence-corrected chi connectivity index (χ1v) is 4.33. The summed E-state index contributed by atoms with van der Waals surface area (Å²) in [6, 6.07) is 9.44. The van der Waals surface area contributed by atoms with Gasteiger partial charge in [0.2, 0.25) is 5.39 Å². The van der Waals surface area contributed by atoms with E-state index >= 15 is 0 Å². The van der Waals surface area contributed by atoms with Crippen molar-refractivity contribution < 1.29 is 9.84 Å². The average molecular weight is 203 g/mol. The van der Waals surface area contributed by atoms with E-state index < -0.39 is 5.95 Å². The zero-order chi connectivity index (χ0) is 11.1. The summed E-state index contributed by atoms with van der Waals surface area (Å²) in [4.78, 5) is 2.89. The number of nitrogens with zero attached hydrogens (tertiary/aromatic N) is 2. The molecule has 1 aromatic carbocycles. The fraction of sp³-hybridized carbons (Fsp3) is 0.0909. The molecule has 0 aromatic heterocycles.